The Morgan fingerprint density at radius 2 is 1.89 bits per heavy atom. The lowest BCUT2D eigenvalue weighted by molar-refractivity contribution is -0.113. The second-order valence-electron chi connectivity index (χ2n) is 3.97. The first-order valence-electron chi connectivity index (χ1n) is 5.39. The molecule has 4 nitrogen and oxygen atoms in total. The molecule has 1 aliphatic carbocycles. The molecule has 1 aliphatic rings. The lowest BCUT2D eigenvalue weighted by Gasteiger charge is -2.14. The summed E-state index contributed by atoms with van der Waals surface area (Å²) in [7, 11) is 1.44. The minimum Gasteiger partial charge on any atom is -0.507 e. The molecule has 0 saturated heterocycles. The molecule has 1 aromatic carbocycles. The van der Waals surface area contributed by atoms with Crippen LogP contribution in [0.15, 0.2) is 30.4 Å². The van der Waals surface area contributed by atoms with Gasteiger partial charge >= 0.3 is 0 Å². The zero-order chi connectivity index (χ0) is 13.3. The van der Waals surface area contributed by atoms with Gasteiger partial charge in [0, 0.05) is 5.57 Å². The quantitative estimate of drug-likeness (QED) is 0.806. The normalized spacial score (nSPS) is 14.7. The number of allylic oxidation sites excluding steroid dienone is 4. The Hall–Kier alpha value is -2.36. The molecule has 0 unspecified atom stereocenters. The summed E-state index contributed by atoms with van der Waals surface area (Å²) < 4.78 is 5.13. The van der Waals surface area contributed by atoms with Gasteiger partial charge in [0.2, 0.25) is 0 Å². The number of ketones is 2. The molecular formula is C14H12O4. The monoisotopic (exact) mass is 244 g/mol. The van der Waals surface area contributed by atoms with Gasteiger partial charge in [-0.1, -0.05) is 6.07 Å². The highest BCUT2D eigenvalue weighted by Gasteiger charge is 2.22. The van der Waals surface area contributed by atoms with Gasteiger partial charge in [-0.3, -0.25) is 9.59 Å². The molecule has 1 aromatic rings. The maximum atomic E-state index is 11.8. The summed E-state index contributed by atoms with van der Waals surface area (Å²) in [5.41, 5.74) is 1.03. The maximum Gasteiger partial charge on any atom is 0.186 e. The fraction of sp³-hybridized carbons (Fsp3) is 0.143. The van der Waals surface area contributed by atoms with Crippen molar-refractivity contribution in [1.82, 2.24) is 0 Å². The first kappa shape index (κ1) is 12.1. The zero-order valence-electron chi connectivity index (χ0n) is 10.1. The SMILES string of the molecule is COc1ccc(C)c(O)c1C1=CC(=O)C=CC1=O. The molecule has 0 radical (unpaired) electrons. The van der Waals surface area contributed by atoms with E-state index in [9.17, 15) is 14.7 Å². The number of phenols is 1. The third-order valence-electron chi connectivity index (χ3n) is 2.78. The number of carbonyl (C=O) groups excluding carboxylic acids is 2. The minimum absolute atomic E-state index is 0.0444. The average Bonchev–Trinajstić information content (AvgIpc) is 2.36. The number of aromatic hydroxyl groups is 1. The summed E-state index contributed by atoms with van der Waals surface area (Å²) in [4.78, 5) is 23.1. The van der Waals surface area contributed by atoms with Gasteiger partial charge in [0.1, 0.15) is 11.5 Å². The molecule has 0 aromatic heterocycles. The predicted molar refractivity (Wildman–Crippen MR) is 66.5 cm³/mol. The van der Waals surface area contributed by atoms with Gasteiger partial charge in [-0.15, -0.1) is 0 Å². The standard InChI is InChI=1S/C14H12O4/c1-8-3-6-12(18-2)13(14(8)17)10-7-9(15)4-5-11(10)16/h3-7,17H,1-2H3. The van der Waals surface area contributed by atoms with Crippen molar-refractivity contribution in [3.63, 3.8) is 0 Å². The van der Waals surface area contributed by atoms with Crippen LogP contribution in [0.5, 0.6) is 11.5 Å². The highest BCUT2D eigenvalue weighted by Crippen LogP contribution is 2.37. The van der Waals surface area contributed by atoms with Crippen LogP contribution in [0.2, 0.25) is 0 Å². The van der Waals surface area contributed by atoms with E-state index in [1.165, 1.54) is 25.3 Å². The molecule has 0 amide bonds. The van der Waals surface area contributed by atoms with Crippen LogP contribution in [-0.4, -0.2) is 23.8 Å². The molecule has 4 heteroatoms. The summed E-state index contributed by atoms with van der Waals surface area (Å²) >= 11 is 0. The minimum atomic E-state index is -0.325. The van der Waals surface area contributed by atoms with Gasteiger partial charge in [0.25, 0.3) is 0 Å². The zero-order valence-corrected chi connectivity index (χ0v) is 10.1. The number of hydrogen-bond acceptors (Lipinski definition) is 4. The van der Waals surface area contributed by atoms with Crippen LogP contribution < -0.4 is 4.74 Å². The number of hydrogen-bond donors (Lipinski definition) is 1. The molecule has 0 fully saturated rings. The Balaban J connectivity index is 2.67. The highest BCUT2D eigenvalue weighted by atomic mass is 16.5. The second-order valence-corrected chi connectivity index (χ2v) is 3.97. The van der Waals surface area contributed by atoms with E-state index in [0.29, 0.717) is 11.3 Å². The number of methoxy groups -OCH3 is 1. The van der Waals surface area contributed by atoms with Gasteiger partial charge < -0.3 is 9.84 Å². The van der Waals surface area contributed by atoms with Crippen LogP contribution in [0, 0.1) is 6.92 Å². The smallest absolute Gasteiger partial charge is 0.186 e. The Morgan fingerprint density at radius 1 is 1.17 bits per heavy atom. The van der Waals surface area contributed by atoms with Crippen molar-refractivity contribution in [1.29, 1.82) is 0 Å². The number of rotatable bonds is 2. The van der Waals surface area contributed by atoms with Crippen molar-refractivity contribution in [3.8, 4) is 11.5 Å². The van der Waals surface area contributed by atoms with Crippen LogP contribution in [-0.2, 0) is 9.59 Å². The number of ether oxygens (including phenoxy) is 1. The molecule has 0 atom stereocenters. The highest BCUT2D eigenvalue weighted by molar-refractivity contribution is 6.34. The predicted octanol–water partition coefficient (Wildman–Crippen LogP) is 1.80. The van der Waals surface area contributed by atoms with Gasteiger partial charge in [0.15, 0.2) is 11.6 Å². The molecule has 0 saturated carbocycles. The topological polar surface area (TPSA) is 63.6 Å². The van der Waals surface area contributed by atoms with Crippen molar-refractivity contribution >= 4 is 17.1 Å². The lowest BCUT2D eigenvalue weighted by atomic mass is 9.93. The average molecular weight is 244 g/mol. The summed E-state index contributed by atoms with van der Waals surface area (Å²) in [6.45, 7) is 1.71. The Bertz CT molecular complexity index is 594. The molecule has 92 valence electrons. The van der Waals surface area contributed by atoms with Crippen molar-refractivity contribution < 1.29 is 19.4 Å². The van der Waals surface area contributed by atoms with E-state index in [0.717, 1.165) is 0 Å². The van der Waals surface area contributed by atoms with Gasteiger partial charge in [-0.2, -0.15) is 0 Å². The molecule has 0 heterocycles. The van der Waals surface area contributed by atoms with E-state index in [1.54, 1.807) is 19.1 Å². The van der Waals surface area contributed by atoms with Crippen LogP contribution >= 0.6 is 0 Å². The Morgan fingerprint density at radius 3 is 2.56 bits per heavy atom. The molecule has 18 heavy (non-hydrogen) atoms. The summed E-state index contributed by atoms with van der Waals surface area (Å²) in [6, 6.07) is 3.34. The van der Waals surface area contributed by atoms with Crippen LogP contribution in [0.25, 0.3) is 5.57 Å². The number of benzene rings is 1. The van der Waals surface area contributed by atoms with Crippen molar-refractivity contribution in [2.75, 3.05) is 7.11 Å². The third kappa shape index (κ3) is 1.93. The van der Waals surface area contributed by atoms with Crippen molar-refractivity contribution in [2.45, 2.75) is 6.92 Å². The van der Waals surface area contributed by atoms with E-state index < -0.39 is 0 Å². The molecule has 1 N–H and O–H groups in total. The number of carbonyl (C=O) groups is 2. The van der Waals surface area contributed by atoms with Crippen molar-refractivity contribution in [2.24, 2.45) is 0 Å². The van der Waals surface area contributed by atoms with E-state index in [-0.39, 0.29) is 28.5 Å². The van der Waals surface area contributed by atoms with E-state index in [2.05, 4.69) is 0 Å². The van der Waals surface area contributed by atoms with Crippen molar-refractivity contribution in [3.05, 3.63) is 41.5 Å². The fourth-order valence-electron chi connectivity index (χ4n) is 1.81. The van der Waals surface area contributed by atoms with Crippen LogP contribution in [0.4, 0.5) is 0 Å². The van der Waals surface area contributed by atoms with Gasteiger partial charge in [0.05, 0.1) is 12.7 Å². The molecule has 0 bridgehead atoms. The Labute approximate surface area is 104 Å². The number of phenolic OH excluding ortho intramolecular Hbond substituents is 1. The number of aryl methyl sites for hydroxylation is 1. The first-order valence-corrected chi connectivity index (χ1v) is 5.39. The van der Waals surface area contributed by atoms with Crippen LogP contribution in [0.1, 0.15) is 11.1 Å². The van der Waals surface area contributed by atoms with Gasteiger partial charge in [-0.05, 0) is 36.8 Å². The lowest BCUT2D eigenvalue weighted by Crippen LogP contribution is -2.08. The summed E-state index contributed by atoms with van der Waals surface area (Å²) in [6.07, 6.45) is 3.60. The fourth-order valence-corrected chi connectivity index (χ4v) is 1.81. The summed E-state index contributed by atoms with van der Waals surface area (Å²) in [5.74, 6) is -0.292. The van der Waals surface area contributed by atoms with E-state index in [1.807, 2.05) is 0 Å². The molecule has 0 aliphatic heterocycles. The third-order valence-corrected chi connectivity index (χ3v) is 2.78. The maximum absolute atomic E-state index is 11.8. The molecular weight excluding hydrogens is 232 g/mol. The Kier molecular flexibility index (Phi) is 3.02. The van der Waals surface area contributed by atoms with E-state index in [4.69, 9.17) is 4.74 Å². The second kappa shape index (κ2) is 4.49. The summed E-state index contributed by atoms with van der Waals surface area (Å²) in [5, 5.41) is 10.1. The van der Waals surface area contributed by atoms with E-state index >= 15 is 0 Å². The van der Waals surface area contributed by atoms with Gasteiger partial charge in [-0.25, -0.2) is 0 Å². The molecule has 0 spiro atoms. The van der Waals surface area contributed by atoms with Crippen LogP contribution in [0.3, 0.4) is 0 Å². The largest absolute Gasteiger partial charge is 0.507 e. The first-order chi connectivity index (χ1) is 8.54. The molecule has 2 rings (SSSR count).